The number of halogens is 1. The molecule has 3 fully saturated rings. The van der Waals surface area contributed by atoms with Gasteiger partial charge in [-0.2, -0.15) is 4.39 Å². The maximum atomic E-state index is 13.1. The van der Waals surface area contributed by atoms with Crippen molar-refractivity contribution in [2.45, 2.75) is 62.4 Å². The molecule has 1 aromatic rings. The van der Waals surface area contributed by atoms with Crippen molar-refractivity contribution < 1.29 is 4.39 Å². The summed E-state index contributed by atoms with van der Waals surface area (Å²) in [4.78, 5) is 3.92. The number of nitrogens with one attached hydrogen (secondary N) is 1. The summed E-state index contributed by atoms with van der Waals surface area (Å²) in [5.41, 5.74) is 1.49. The zero-order valence-corrected chi connectivity index (χ0v) is 11.2. The van der Waals surface area contributed by atoms with Gasteiger partial charge in [-0.3, -0.25) is 0 Å². The molecule has 1 aliphatic carbocycles. The highest BCUT2D eigenvalue weighted by atomic mass is 19.1. The molecular formula is C16H21FN2. The van der Waals surface area contributed by atoms with Gasteiger partial charge in [0.2, 0.25) is 5.95 Å². The number of hydrogen-bond donors (Lipinski definition) is 1. The fourth-order valence-electron chi connectivity index (χ4n) is 4.37. The minimum atomic E-state index is -0.362. The fourth-order valence-corrected chi connectivity index (χ4v) is 4.37. The van der Waals surface area contributed by atoms with Gasteiger partial charge in [-0.05, 0) is 43.2 Å². The predicted octanol–water partition coefficient (Wildman–Crippen LogP) is 3.17. The van der Waals surface area contributed by atoms with E-state index in [-0.39, 0.29) is 11.4 Å². The molecule has 3 heteroatoms. The molecule has 102 valence electrons. The Hall–Kier alpha value is -0.960. The number of fused-ring (bicyclic) bond motifs is 2. The largest absolute Gasteiger partial charge is 0.310 e. The van der Waals surface area contributed by atoms with Gasteiger partial charge in [0.1, 0.15) is 0 Å². The minimum absolute atomic E-state index is 0.225. The molecule has 2 nitrogen and oxygen atoms in total. The Morgan fingerprint density at radius 3 is 2.84 bits per heavy atom. The second kappa shape index (κ2) is 4.27. The van der Waals surface area contributed by atoms with Gasteiger partial charge >= 0.3 is 0 Å². The molecular weight excluding hydrogens is 239 g/mol. The number of piperidine rings is 1. The second-order valence-corrected chi connectivity index (χ2v) is 6.72. The van der Waals surface area contributed by atoms with Crippen molar-refractivity contribution in [3.8, 4) is 0 Å². The lowest BCUT2D eigenvalue weighted by molar-refractivity contribution is 0.303. The van der Waals surface area contributed by atoms with Crippen LogP contribution in [0.5, 0.6) is 0 Å². The van der Waals surface area contributed by atoms with Gasteiger partial charge in [0.25, 0.3) is 0 Å². The van der Waals surface area contributed by atoms with Crippen molar-refractivity contribution in [3.63, 3.8) is 0 Å². The van der Waals surface area contributed by atoms with Crippen LogP contribution < -0.4 is 5.32 Å². The lowest BCUT2D eigenvalue weighted by atomic mass is 9.70. The molecule has 3 unspecified atom stereocenters. The molecule has 3 heterocycles. The Balaban J connectivity index is 1.72. The quantitative estimate of drug-likeness (QED) is 0.844. The molecule has 0 spiro atoms. The van der Waals surface area contributed by atoms with Crippen LogP contribution in [0.1, 0.15) is 50.5 Å². The van der Waals surface area contributed by atoms with Crippen molar-refractivity contribution in [3.05, 3.63) is 29.8 Å². The lowest BCUT2D eigenvalue weighted by Crippen LogP contribution is -2.43. The highest BCUT2D eigenvalue weighted by Crippen LogP contribution is 2.51. The smallest absolute Gasteiger partial charge is 0.212 e. The van der Waals surface area contributed by atoms with Crippen LogP contribution in [0.2, 0.25) is 0 Å². The first kappa shape index (κ1) is 11.8. The molecule has 1 N–H and O–H groups in total. The number of pyridine rings is 1. The Kier molecular flexibility index (Phi) is 2.66. The average Bonchev–Trinajstić information content (AvgIpc) is 3.19. The summed E-state index contributed by atoms with van der Waals surface area (Å²) in [7, 11) is 0. The molecule has 2 bridgehead atoms. The van der Waals surface area contributed by atoms with Crippen molar-refractivity contribution in [1.82, 2.24) is 10.3 Å². The number of hydrogen-bond acceptors (Lipinski definition) is 2. The molecule has 0 aromatic carbocycles. The van der Waals surface area contributed by atoms with E-state index in [1.54, 1.807) is 6.20 Å². The van der Waals surface area contributed by atoms with Gasteiger partial charge < -0.3 is 5.32 Å². The van der Waals surface area contributed by atoms with E-state index in [4.69, 9.17) is 0 Å². The first-order chi connectivity index (χ1) is 9.26. The zero-order valence-electron chi connectivity index (χ0n) is 11.2. The highest BCUT2D eigenvalue weighted by Gasteiger charge is 2.51. The molecule has 3 atom stereocenters. The summed E-state index contributed by atoms with van der Waals surface area (Å²) in [6, 6.07) is 4.76. The molecule has 0 amide bonds. The molecule has 19 heavy (non-hydrogen) atoms. The summed E-state index contributed by atoms with van der Waals surface area (Å²) in [6.07, 6.45) is 11.0. The Morgan fingerprint density at radius 1 is 1.26 bits per heavy atom. The van der Waals surface area contributed by atoms with Crippen LogP contribution in [0, 0.1) is 11.9 Å². The van der Waals surface area contributed by atoms with Crippen molar-refractivity contribution in [2.75, 3.05) is 0 Å². The van der Waals surface area contributed by atoms with Crippen LogP contribution in [-0.2, 0) is 5.41 Å². The summed E-state index contributed by atoms with van der Waals surface area (Å²) >= 11 is 0. The van der Waals surface area contributed by atoms with Gasteiger partial charge in [0.15, 0.2) is 0 Å². The first-order valence-electron chi connectivity index (χ1n) is 7.64. The molecule has 1 aromatic heterocycles. The standard InChI is InChI=1S/C16H21FN2/c17-15-7-6-12(10-18-15)16(8-11-4-5-11)9-13-2-1-3-14(16)19-13/h6-7,10-11,13-14,19H,1-5,8-9H2. The van der Waals surface area contributed by atoms with Gasteiger partial charge in [-0.25, -0.2) is 4.98 Å². The predicted molar refractivity (Wildman–Crippen MR) is 72.4 cm³/mol. The third-order valence-electron chi connectivity index (χ3n) is 5.41. The van der Waals surface area contributed by atoms with E-state index >= 15 is 0 Å². The van der Waals surface area contributed by atoms with E-state index in [9.17, 15) is 4.39 Å². The molecule has 2 saturated heterocycles. The maximum Gasteiger partial charge on any atom is 0.212 e. The minimum Gasteiger partial charge on any atom is -0.310 e. The van der Waals surface area contributed by atoms with E-state index in [1.165, 1.54) is 56.6 Å². The van der Waals surface area contributed by atoms with Crippen molar-refractivity contribution in [2.24, 2.45) is 5.92 Å². The number of nitrogens with zero attached hydrogens (tertiary/aromatic N) is 1. The van der Waals surface area contributed by atoms with E-state index in [2.05, 4.69) is 10.3 Å². The topological polar surface area (TPSA) is 24.9 Å². The molecule has 4 rings (SSSR count). The van der Waals surface area contributed by atoms with E-state index in [0.717, 1.165) is 5.92 Å². The van der Waals surface area contributed by atoms with Crippen LogP contribution in [0.25, 0.3) is 0 Å². The fraction of sp³-hybridized carbons (Fsp3) is 0.688. The van der Waals surface area contributed by atoms with Gasteiger partial charge in [0, 0.05) is 23.7 Å². The average molecular weight is 260 g/mol. The van der Waals surface area contributed by atoms with Crippen molar-refractivity contribution in [1.29, 1.82) is 0 Å². The third-order valence-corrected chi connectivity index (χ3v) is 5.41. The van der Waals surface area contributed by atoms with Crippen molar-refractivity contribution >= 4 is 0 Å². The monoisotopic (exact) mass is 260 g/mol. The van der Waals surface area contributed by atoms with E-state index < -0.39 is 0 Å². The Bertz CT molecular complexity index is 464. The third kappa shape index (κ3) is 1.99. The summed E-state index contributed by atoms with van der Waals surface area (Å²) < 4.78 is 13.1. The van der Waals surface area contributed by atoms with Gasteiger partial charge in [-0.1, -0.05) is 25.3 Å². The molecule has 0 radical (unpaired) electrons. The SMILES string of the molecule is Fc1ccc(C2(CC3CC3)CC3CCCC2N3)cn1. The van der Waals surface area contributed by atoms with Gasteiger partial charge in [0.05, 0.1) is 0 Å². The van der Waals surface area contributed by atoms with E-state index in [0.29, 0.717) is 12.1 Å². The highest BCUT2D eigenvalue weighted by molar-refractivity contribution is 5.30. The van der Waals surface area contributed by atoms with E-state index in [1.807, 2.05) is 6.07 Å². The Morgan fingerprint density at radius 2 is 2.16 bits per heavy atom. The van der Waals surface area contributed by atoms with Crippen LogP contribution in [0.15, 0.2) is 18.3 Å². The maximum absolute atomic E-state index is 13.1. The van der Waals surface area contributed by atoms with Crippen LogP contribution in [0.4, 0.5) is 4.39 Å². The number of aromatic nitrogens is 1. The van der Waals surface area contributed by atoms with Crippen LogP contribution in [0.3, 0.4) is 0 Å². The molecule has 2 aliphatic heterocycles. The Labute approximate surface area is 113 Å². The second-order valence-electron chi connectivity index (χ2n) is 6.72. The summed E-state index contributed by atoms with van der Waals surface area (Å²) in [6.45, 7) is 0. The molecule has 3 aliphatic rings. The molecule has 1 saturated carbocycles. The number of rotatable bonds is 3. The summed E-state index contributed by atoms with van der Waals surface area (Å²) in [5, 5.41) is 3.81. The summed E-state index contributed by atoms with van der Waals surface area (Å²) in [5.74, 6) is 0.533. The normalized spacial score (nSPS) is 37.5. The first-order valence-corrected chi connectivity index (χ1v) is 7.64. The zero-order chi connectivity index (χ0) is 12.9. The van der Waals surface area contributed by atoms with Gasteiger partial charge in [-0.15, -0.1) is 0 Å². The van der Waals surface area contributed by atoms with Crippen LogP contribution >= 0.6 is 0 Å². The lowest BCUT2D eigenvalue weighted by Gasteiger charge is -2.36. The van der Waals surface area contributed by atoms with Crippen LogP contribution in [-0.4, -0.2) is 17.1 Å².